The highest BCUT2D eigenvalue weighted by molar-refractivity contribution is 6.37. The monoisotopic (exact) mass is 823 g/mol. The number of benzene rings is 2. The van der Waals surface area contributed by atoms with Crippen LogP contribution in [0, 0.1) is 35.3 Å². The molecule has 7 rings (SSSR count). The van der Waals surface area contributed by atoms with Gasteiger partial charge in [-0.1, -0.05) is 37.1 Å². The lowest BCUT2D eigenvalue weighted by molar-refractivity contribution is -0.143. The van der Waals surface area contributed by atoms with E-state index in [1.165, 1.54) is 31.2 Å². The van der Waals surface area contributed by atoms with Crippen molar-refractivity contribution in [1.29, 1.82) is 0 Å². The van der Waals surface area contributed by atoms with Gasteiger partial charge in [-0.05, 0) is 66.7 Å². The van der Waals surface area contributed by atoms with Crippen LogP contribution in [0.25, 0.3) is 22.0 Å². The molecule has 1 fully saturated rings. The zero-order valence-corrected chi connectivity index (χ0v) is 30.3. The molecule has 2 aliphatic rings. The minimum Gasteiger partial charge on any atom is -0.382 e. The van der Waals surface area contributed by atoms with Gasteiger partial charge < -0.3 is 11.1 Å². The van der Waals surface area contributed by atoms with Gasteiger partial charge in [-0.2, -0.15) is 45.3 Å². The summed E-state index contributed by atoms with van der Waals surface area (Å²) in [6.45, 7) is 3.93. The topological polar surface area (TPSA) is 104 Å². The number of allylic oxidation sites excluding steroid dienone is 1. The largest absolute Gasteiger partial charge is 0.435 e. The smallest absolute Gasteiger partial charge is 0.382 e. The van der Waals surface area contributed by atoms with Crippen molar-refractivity contribution in [3.05, 3.63) is 105 Å². The highest BCUT2D eigenvalue weighted by Gasteiger charge is 2.72. The van der Waals surface area contributed by atoms with E-state index in [-0.39, 0.29) is 49.8 Å². The van der Waals surface area contributed by atoms with Crippen molar-refractivity contribution in [1.82, 2.24) is 29.9 Å². The first-order valence-corrected chi connectivity index (χ1v) is 17.4. The molecule has 3 N–H and O–H groups in total. The molecule has 1 saturated carbocycles. The normalized spacial score (nSPS) is 18.8. The summed E-state index contributed by atoms with van der Waals surface area (Å²) in [5, 5.41) is 9.68. The number of halogens is 11. The molecule has 2 aliphatic carbocycles. The van der Waals surface area contributed by atoms with Crippen LogP contribution in [-0.2, 0) is 36.4 Å². The maximum atomic E-state index is 15.6. The Kier molecular flexibility index (Phi) is 9.61. The lowest BCUT2D eigenvalue weighted by Gasteiger charge is -2.23. The van der Waals surface area contributed by atoms with Gasteiger partial charge in [0, 0.05) is 34.6 Å². The molecule has 0 spiro atoms. The number of pyridine rings is 1. The molecule has 298 valence electrons. The number of anilines is 1. The van der Waals surface area contributed by atoms with Crippen LogP contribution in [0.15, 0.2) is 54.6 Å². The number of amides is 1. The molecule has 0 saturated heterocycles. The molecule has 0 aliphatic heterocycles. The molecule has 1 amide bonds. The Balaban J connectivity index is 1.39. The summed E-state index contributed by atoms with van der Waals surface area (Å²) in [6, 6.07) is 6.38. The van der Waals surface area contributed by atoms with E-state index in [2.05, 4.69) is 38.9 Å². The SMILES string of the molecule is C=C(C)C#Cc1ccc(-c2ccc(Cl)c3c(N)nn(CC(F)(F)F)c23)c(C(Cc2cc(F)cc(F)c2)NC(=O)Cn2nc(C(F)(F)F)c3c2C(F)(F)C2C(C)C32)n1. The molecule has 57 heavy (non-hydrogen) atoms. The van der Waals surface area contributed by atoms with E-state index < -0.39 is 96.1 Å². The lowest BCUT2D eigenvalue weighted by atomic mass is 9.93. The highest BCUT2D eigenvalue weighted by Crippen LogP contribution is 2.71. The summed E-state index contributed by atoms with van der Waals surface area (Å²) < 4.78 is 145. The van der Waals surface area contributed by atoms with Crippen LogP contribution in [-0.4, -0.2) is 36.6 Å². The summed E-state index contributed by atoms with van der Waals surface area (Å²) in [4.78, 5) is 18.5. The van der Waals surface area contributed by atoms with Gasteiger partial charge in [0.15, 0.2) is 11.5 Å². The van der Waals surface area contributed by atoms with Crippen molar-refractivity contribution >= 4 is 34.2 Å². The number of fused-ring (bicyclic) bond motifs is 4. The summed E-state index contributed by atoms with van der Waals surface area (Å²) in [5.74, 6) is -5.14. The van der Waals surface area contributed by atoms with Crippen LogP contribution in [0.1, 0.15) is 59.7 Å². The van der Waals surface area contributed by atoms with E-state index in [4.69, 9.17) is 17.3 Å². The Labute approximate surface area is 321 Å². The number of nitrogens with one attached hydrogen (secondary N) is 1. The van der Waals surface area contributed by atoms with Gasteiger partial charge in [-0.15, -0.1) is 0 Å². The third kappa shape index (κ3) is 7.40. The van der Waals surface area contributed by atoms with Crippen molar-refractivity contribution < 1.29 is 48.7 Å². The van der Waals surface area contributed by atoms with Gasteiger partial charge in [-0.25, -0.2) is 13.8 Å². The molecular formula is C38H28ClF10N7O. The number of carbonyl (C=O) groups excluding carboxylic acids is 1. The predicted octanol–water partition coefficient (Wildman–Crippen LogP) is 8.87. The zero-order chi connectivity index (χ0) is 41.5. The van der Waals surface area contributed by atoms with E-state index >= 15 is 8.78 Å². The molecule has 4 unspecified atom stereocenters. The molecule has 3 heterocycles. The van der Waals surface area contributed by atoms with Gasteiger partial charge in [0.2, 0.25) is 5.91 Å². The Bertz CT molecular complexity index is 2530. The van der Waals surface area contributed by atoms with E-state index in [1.54, 1.807) is 6.92 Å². The molecule has 2 aromatic carbocycles. The Hall–Kier alpha value is -5.57. The van der Waals surface area contributed by atoms with Crippen LogP contribution in [0.2, 0.25) is 5.02 Å². The first-order chi connectivity index (χ1) is 26.5. The van der Waals surface area contributed by atoms with Gasteiger partial charge >= 0.3 is 12.4 Å². The molecule has 3 aromatic heterocycles. The third-order valence-electron chi connectivity index (χ3n) is 9.84. The Morgan fingerprint density at radius 2 is 1.70 bits per heavy atom. The minimum absolute atomic E-state index is 0.00198. The van der Waals surface area contributed by atoms with Crippen LogP contribution in [0.3, 0.4) is 0 Å². The first kappa shape index (κ1) is 39.7. The molecule has 0 radical (unpaired) electrons. The predicted molar refractivity (Wildman–Crippen MR) is 188 cm³/mol. The maximum absolute atomic E-state index is 15.6. The van der Waals surface area contributed by atoms with Crippen molar-refractivity contribution in [2.45, 2.75) is 63.6 Å². The van der Waals surface area contributed by atoms with E-state index in [0.29, 0.717) is 21.0 Å². The van der Waals surface area contributed by atoms with E-state index in [0.717, 1.165) is 12.1 Å². The molecule has 8 nitrogen and oxygen atoms in total. The fourth-order valence-corrected chi connectivity index (χ4v) is 7.91. The number of carbonyl (C=O) groups is 1. The summed E-state index contributed by atoms with van der Waals surface area (Å²) in [7, 11) is 0. The average molecular weight is 824 g/mol. The van der Waals surface area contributed by atoms with Gasteiger partial charge in [0.05, 0.1) is 27.7 Å². The number of nitrogens with zero attached hydrogens (tertiary/aromatic N) is 5. The number of hydrogen-bond acceptors (Lipinski definition) is 5. The fraction of sp³-hybridized carbons (Fsp3) is 0.316. The quantitative estimate of drug-likeness (QED) is 0.120. The number of nitrogen functional groups attached to an aromatic ring is 1. The van der Waals surface area contributed by atoms with Crippen LogP contribution >= 0.6 is 11.6 Å². The number of rotatable bonds is 8. The number of hydrogen-bond donors (Lipinski definition) is 2. The third-order valence-corrected chi connectivity index (χ3v) is 10.2. The maximum Gasteiger partial charge on any atom is 0.435 e. The fourth-order valence-electron chi connectivity index (χ4n) is 7.66. The number of alkyl halides is 8. The van der Waals surface area contributed by atoms with Crippen LogP contribution in [0.4, 0.5) is 49.7 Å². The average Bonchev–Trinajstić information content (AvgIpc) is 3.31. The molecule has 5 aromatic rings. The van der Waals surface area contributed by atoms with Crippen LogP contribution < -0.4 is 11.1 Å². The first-order valence-electron chi connectivity index (χ1n) is 17.1. The molecule has 0 bridgehead atoms. The second kappa shape index (κ2) is 13.8. The standard InChI is InChI=1S/C38H28ClF10N7O/c1-16(2)4-5-21-6-7-22(23-8-9-24(39)28-32(23)56(54-35(28)50)15-36(42,43)44)31(51-21)25(12-18-10-19(40)13-20(41)11-18)52-26(57)14-55-34-29(33(53-55)38(47,48)49)27-17(3)30(27)37(34,45)46/h6-11,13,17,25,27,30H,1,12,14-15H2,2-3H3,(H2,50,54)(H,52,57). The number of aromatic nitrogens is 5. The van der Waals surface area contributed by atoms with Crippen LogP contribution in [0.5, 0.6) is 0 Å². The van der Waals surface area contributed by atoms with Gasteiger partial charge in [0.25, 0.3) is 5.92 Å². The van der Waals surface area contributed by atoms with Crippen molar-refractivity contribution in [2.75, 3.05) is 5.73 Å². The number of nitrogens with two attached hydrogens (primary N) is 1. The second-order valence-electron chi connectivity index (χ2n) is 14.0. The lowest BCUT2D eigenvalue weighted by Crippen LogP contribution is -2.35. The summed E-state index contributed by atoms with van der Waals surface area (Å²) >= 11 is 6.38. The van der Waals surface area contributed by atoms with Crippen molar-refractivity contribution in [3.63, 3.8) is 0 Å². The summed E-state index contributed by atoms with van der Waals surface area (Å²) in [6.07, 6.45) is -10.4. The highest BCUT2D eigenvalue weighted by atomic mass is 35.5. The van der Waals surface area contributed by atoms with Crippen molar-refractivity contribution in [3.8, 4) is 23.0 Å². The molecular weight excluding hydrogens is 796 g/mol. The Morgan fingerprint density at radius 3 is 2.33 bits per heavy atom. The Morgan fingerprint density at radius 1 is 1.04 bits per heavy atom. The summed E-state index contributed by atoms with van der Waals surface area (Å²) in [5.41, 5.74) is 2.77. The minimum atomic E-state index is -5.13. The van der Waals surface area contributed by atoms with E-state index in [9.17, 15) is 39.9 Å². The molecule has 19 heteroatoms. The van der Waals surface area contributed by atoms with E-state index in [1.807, 2.05) is 0 Å². The zero-order valence-electron chi connectivity index (χ0n) is 29.6. The van der Waals surface area contributed by atoms with Crippen molar-refractivity contribution in [2.24, 2.45) is 11.8 Å². The second-order valence-corrected chi connectivity index (χ2v) is 14.4. The van der Waals surface area contributed by atoms with Gasteiger partial charge in [0.1, 0.15) is 36.1 Å². The molecule has 4 atom stereocenters. The van der Waals surface area contributed by atoms with Gasteiger partial charge in [-0.3, -0.25) is 14.2 Å².